The highest BCUT2D eigenvalue weighted by Gasteiger charge is 2.75. The van der Waals surface area contributed by atoms with E-state index in [1.807, 2.05) is 6.92 Å². The van der Waals surface area contributed by atoms with Crippen molar-refractivity contribution in [3.8, 4) is 0 Å². The Hall–Kier alpha value is -0.530. The molecule has 3 aliphatic carbocycles. The summed E-state index contributed by atoms with van der Waals surface area (Å²) in [6, 6.07) is 0. The van der Waals surface area contributed by atoms with Crippen molar-refractivity contribution in [2.24, 2.45) is 34.5 Å². The monoisotopic (exact) mass is 222 g/mol. The molecule has 0 spiro atoms. The topological polar surface area (TPSA) is 26.3 Å². The third-order valence-electron chi connectivity index (χ3n) is 5.85. The minimum absolute atomic E-state index is 0.0640. The standard InChI is InChI=1S/C14H22O2/c1-5-16-12(15)11-9-6-8-10(13(8,2)3)7-14(9,11)4/h8-11H,5-7H2,1-4H3/t8-,9+,10-,11+,14+/m1/s1. The van der Waals surface area contributed by atoms with Crippen molar-refractivity contribution in [3.05, 3.63) is 0 Å². The van der Waals surface area contributed by atoms with Gasteiger partial charge in [0.15, 0.2) is 0 Å². The Balaban J connectivity index is 1.71. The zero-order chi connectivity index (χ0) is 11.7. The fraction of sp³-hybridized carbons (Fsp3) is 0.929. The van der Waals surface area contributed by atoms with Gasteiger partial charge in [0.2, 0.25) is 0 Å². The number of hydrogen-bond donors (Lipinski definition) is 0. The SMILES string of the molecule is CCOC(=O)[C@@H]1[C@@H]2C[C@@H]3[C@@H](C[C@]12C)C3(C)C. The Morgan fingerprint density at radius 1 is 1.25 bits per heavy atom. The lowest BCUT2D eigenvalue weighted by Gasteiger charge is -2.15. The van der Waals surface area contributed by atoms with Gasteiger partial charge < -0.3 is 4.74 Å². The van der Waals surface area contributed by atoms with Gasteiger partial charge in [-0.1, -0.05) is 20.8 Å². The molecule has 0 heterocycles. The van der Waals surface area contributed by atoms with Crippen molar-refractivity contribution in [1.82, 2.24) is 0 Å². The molecule has 0 radical (unpaired) electrons. The second-order valence-corrected chi connectivity index (χ2v) is 6.82. The summed E-state index contributed by atoms with van der Waals surface area (Å²) in [7, 11) is 0. The summed E-state index contributed by atoms with van der Waals surface area (Å²) in [6.45, 7) is 9.48. The van der Waals surface area contributed by atoms with Crippen LogP contribution < -0.4 is 0 Å². The first kappa shape index (κ1) is 10.6. The van der Waals surface area contributed by atoms with Crippen LogP contribution in [0.2, 0.25) is 0 Å². The molecule has 0 N–H and O–H groups in total. The van der Waals surface area contributed by atoms with E-state index in [4.69, 9.17) is 4.74 Å². The zero-order valence-corrected chi connectivity index (χ0v) is 10.7. The zero-order valence-electron chi connectivity index (χ0n) is 10.7. The highest BCUT2D eigenvalue weighted by molar-refractivity contribution is 5.78. The van der Waals surface area contributed by atoms with Gasteiger partial charge in [-0.15, -0.1) is 0 Å². The van der Waals surface area contributed by atoms with Crippen LogP contribution in [0.25, 0.3) is 0 Å². The third kappa shape index (κ3) is 1.11. The summed E-state index contributed by atoms with van der Waals surface area (Å²) in [6.07, 6.45) is 2.51. The summed E-state index contributed by atoms with van der Waals surface area (Å²) >= 11 is 0. The Bertz CT molecular complexity index is 347. The molecule has 3 saturated carbocycles. The van der Waals surface area contributed by atoms with Crippen LogP contribution in [0, 0.1) is 34.5 Å². The van der Waals surface area contributed by atoms with E-state index in [0.717, 1.165) is 11.8 Å². The Kier molecular flexibility index (Phi) is 1.88. The number of fused-ring (bicyclic) bond motifs is 2. The molecule has 16 heavy (non-hydrogen) atoms. The molecule has 3 fully saturated rings. The molecular weight excluding hydrogens is 200 g/mol. The maximum absolute atomic E-state index is 11.8. The lowest BCUT2D eigenvalue weighted by atomic mass is 9.90. The Morgan fingerprint density at radius 3 is 2.50 bits per heavy atom. The summed E-state index contributed by atoms with van der Waals surface area (Å²) in [5.74, 6) is 2.65. The van der Waals surface area contributed by atoms with Crippen LogP contribution in [-0.4, -0.2) is 12.6 Å². The van der Waals surface area contributed by atoms with Gasteiger partial charge in [-0.25, -0.2) is 0 Å². The van der Waals surface area contributed by atoms with Crippen molar-refractivity contribution < 1.29 is 9.53 Å². The molecule has 3 rings (SSSR count). The molecule has 2 nitrogen and oxygen atoms in total. The maximum atomic E-state index is 11.8. The number of rotatable bonds is 2. The van der Waals surface area contributed by atoms with Crippen molar-refractivity contribution >= 4 is 5.97 Å². The molecule has 0 aliphatic heterocycles. The molecule has 0 saturated heterocycles. The van der Waals surface area contributed by atoms with Gasteiger partial charge in [0.25, 0.3) is 0 Å². The van der Waals surface area contributed by atoms with Gasteiger partial charge in [-0.05, 0) is 48.3 Å². The number of esters is 1. The first-order valence-corrected chi connectivity index (χ1v) is 6.59. The number of hydrogen-bond acceptors (Lipinski definition) is 2. The normalized spacial score (nSPS) is 51.2. The predicted molar refractivity (Wildman–Crippen MR) is 61.7 cm³/mol. The first-order chi connectivity index (χ1) is 7.43. The van der Waals surface area contributed by atoms with E-state index in [0.29, 0.717) is 17.9 Å². The van der Waals surface area contributed by atoms with E-state index >= 15 is 0 Å². The Morgan fingerprint density at radius 2 is 1.94 bits per heavy atom. The second kappa shape index (κ2) is 2.83. The van der Waals surface area contributed by atoms with Crippen molar-refractivity contribution in [2.45, 2.75) is 40.5 Å². The van der Waals surface area contributed by atoms with Crippen LogP contribution in [0.5, 0.6) is 0 Å². The van der Waals surface area contributed by atoms with E-state index in [9.17, 15) is 4.79 Å². The molecule has 3 aliphatic rings. The molecule has 0 aromatic heterocycles. The van der Waals surface area contributed by atoms with Crippen LogP contribution >= 0.6 is 0 Å². The molecule has 0 aromatic carbocycles. The molecule has 0 bridgehead atoms. The van der Waals surface area contributed by atoms with E-state index in [1.165, 1.54) is 12.8 Å². The van der Waals surface area contributed by atoms with Crippen LogP contribution in [0.4, 0.5) is 0 Å². The third-order valence-corrected chi connectivity index (χ3v) is 5.85. The largest absolute Gasteiger partial charge is 0.466 e. The fourth-order valence-corrected chi connectivity index (χ4v) is 4.49. The van der Waals surface area contributed by atoms with E-state index < -0.39 is 0 Å². The van der Waals surface area contributed by atoms with Gasteiger partial charge in [0, 0.05) is 0 Å². The van der Waals surface area contributed by atoms with E-state index in [1.54, 1.807) is 0 Å². The first-order valence-electron chi connectivity index (χ1n) is 6.59. The minimum Gasteiger partial charge on any atom is -0.466 e. The van der Waals surface area contributed by atoms with Crippen LogP contribution in [0.15, 0.2) is 0 Å². The molecular formula is C14H22O2. The van der Waals surface area contributed by atoms with Gasteiger partial charge >= 0.3 is 5.97 Å². The smallest absolute Gasteiger partial charge is 0.309 e. The minimum atomic E-state index is 0.0640. The highest BCUT2D eigenvalue weighted by atomic mass is 16.5. The second-order valence-electron chi connectivity index (χ2n) is 6.82. The summed E-state index contributed by atoms with van der Waals surface area (Å²) in [5.41, 5.74) is 0.830. The van der Waals surface area contributed by atoms with Crippen LogP contribution in [0.1, 0.15) is 40.5 Å². The van der Waals surface area contributed by atoms with Gasteiger partial charge in [0.05, 0.1) is 12.5 Å². The average Bonchev–Trinajstić information content (AvgIpc) is 2.96. The summed E-state index contributed by atoms with van der Waals surface area (Å²) in [4.78, 5) is 11.8. The fourth-order valence-electron chi connectivity index (χ4n) is 4.49. The number of ether oxygens (including phenoxy) is 1. The molecule has 2 heteroatoms. The quantitative estimate of drug-likeness (QED) is 0.672. The average molecular weight is 222 g/mol. The molecule has 0 amide bonds. The highest BCUT2D eigenvalue weighted by Crippen LogP contribution is 2.79. The molecule has 0 aromatic rings. The molecule has 5 atom stereocenters. The van der Waals surface area contributed by atoms with Crippen molar-refractivity contribution in [3.63, 3.8) is 0 Å². The number of carbonyl (C=O) groups excluding carboxylic acids is 1. The van der Waals surface area contributed by atoms with Crippen LogP contribution in [-0.2, 0) is 9.53 Å². The van der Waals surface area contributed by atoms with Gasteiger partial charge in [-0.2, -0.15) is 0 Å². The lowest BCUT2D eigenvalue weighted by Crippen LogP contribution is -2.13. The van der Waals surface area contributed by atoms with Crippen molar-refractivity contribution in [1.29, 1.82) is 0 Å². The van der Waals surface area contributed by atoms with Gasteiger partial charge in [-0.3, -0.25) is 4.79 Å². The van der Waals surface area contributed by atoms with E-state index in [2.05, 4.69) is 20.8 Å². The van der Waals surface area contributed by atoms with Gasteiger partial charge in [0.1, 0.15) is 0 Å². The Labute approximate surface area is 97.7 Å². The molecule has 90 valence electrons. The molecule has 0 unspecified atom stereocenters. The maximum Gasteiger partial charge on any atom is 0.309 e. The van der Waals surface area contributed by atoms with Crippen LogP contribution in [0.3, 0.4) is 0 Å². The lowest BCUT2D eigenvalue weighted by molar-refractivity contribution is -0.145. The van der Waals surface area contributed by atoms with Crippen molar-refractivity contribution in [2.75, 3.05) is 6.61 Å². The van der Waals surface area contributed by atoms with E-state index in [-0.39, 0.29) is 17.3 Å². The summed E-state index contributed by atoms with van der Waals surface area (Å²) in [5, 5.41) is 0. The predicted octanol–water partition coefficient (Wildman–Crippen LogP) is 2.87. The number of carbonyl (C=O) groups is 1. The summed E-state index contributed by atoms with van der Waals surface area (Å²) < 4.78 is 5.19.